The number of hydrogen-bond acceptors (Lipinski definition) is 7. The van der Waals surface area contributed by atoms with Gasteiger partial charge in [-0.2, -0.15) is 0 Å². The number of hydrogen-bond donors (Lipinski definition) is 2. The minimum Gasteiger partial charge on any atom is -0.355 e. The van der Waals surface area contributed by atoms with E-state index in [1.807, 2.05) is 32.0 Å². The average Bonchev–Trinajstić information content (AvgIpc) is 2.99. The Labute approximate surface area is 174 Å². The van der Waals surface area contributed by atoms with Crippen molar-refractivity contribution in [2.45, 2.75) is 32.6 Å². The summed E-state index contributed by atoms with van der Waals surface area (Å²) in [5.41, 5.74) is 5.28. The lowest BCUT2D eigenvalue weighted by Gasteiger charge is -2.12. The second-order valence-corrected chi connectivity index (χ2v) is 8.79. The van der Waals surface area contributed by atoms with Crippen LogP contribution in [-0.2, 0) is 10.0 Å². The normalized spacial score (nSPS) is 11.6. The molecular formula is C21H21N5O3S. The van der Waals surface area contributed by atoms with Gasteiger partial charge in [0, 0.05) is 28.0 Å². The van der Waals surface area contributed by atoms with Gasteiger partial charge in [-0.1, -0.05) is 5.16 Å². The second kappa shape index (κ2) is 7.42. The molecule has 0 bridgehead atoms. The topological polar surface area (TPSA) is 110 Å². The molecule has 0 saturated heterocycles. The van der Waals surface area contributed by atoms with Crippen LogP contribution >= 0.6 is 0 Å². The van der Waals surface area contributed by atoms with E-state index in [0.717, 1.165) is 28.1 Å². The Morgan fingerprint density at radius 3 is 2.27 bits per heavy atom. The van der Waals surface area contributed by atoms with E-state index in [9.17, 15) is 8.42 Å². The van der Waals surface area contributed by atoms with Crippen LogP contribution in [0, 0.1) is 27.7 Å². The van der Waals surface area contributed by atoms with Crippen LogP contribution in [0.25, 0.3) is 11.0 Å². The van der Waals surface area contributed by atoms with E-state index in [4.69, 9.17) is 4.52 Å². The zero-order valence-corrected chi connectivity index (χ0v) is 17.8. The van der Waals surface area contributed by atoms with Crippen molar-refractivity contribution in [1.82, 2.24) is 15.1 Å². The number of rotatable bonds is 5. The van der Waals surface area contributed by atoms with Crippen LogP contribution in [0.3, 0.4) is 0 Å². The molecule has 0 fully saturated rings. The summed E-state index contributed by atoms with van der Waals surface area (Å²) in [4.78, 5) is 9.08. The van der Waals surface area contributed by atoms with Crippen molar-refractivity contribution in [3.05, 3.63) is 65.1 Å². The molecule has 8 nitrogen and oxygen atoms in total. The molecule has 3 aromatic heterocycles. The smallest absolute Gasteiger partial charge is 0.264 e. The van der Waals surface area contributed by atoms with Crippen molar-refractivity contribution < 1.29 is 12.9 Å². The Bertz CT molecular complexity index is 1340. The van der Waals surface area contributed by atoms with Gasteiger partial charge in [0.1, 0.15) is 0 Å². The summed E-state index contributed by atoms with van der Waals surface area (Å²) in [6.07, 6.45) is 0. The summed E-state index contributed by atoms with van der Waals surface area (Å²) in [6.45, 7) is 7.32. The number of sulfonamides is 1. The molecule has 0 aliphatic heterocycles. The van der Waals surface area contributed by atoms with Crippen molar-refractivity contribution >= 4 is 38.3 Å². The van der Waals surface area contributed by atoms with E-state index in [-0.39, 0.29) is 10.8 Å². The van der Waals surface area contributed by atoms with Crippen LogP contribution in [0.5, 0.6) is 0 Å². The third kappa shape index (κ3) is 3.84. The minimum atomic E-state index is -3.79. The van der Waals surface area contributed by atoms with E-state index < -0.39 is 10.0 Å². The van der Waals surface area contributed by atoms with Crippen molar-refractivity contribution in [3.63, 3.8) is 0 Å². The van der Waals surface area contributed by atoms with Crippen LogP contribution in [0.2, 0.25) is 0 Å². The minimum absolute atomic E-state index is 0.120. The van der Waals surface area contributed by atoms with E-state index in [0.29, 0.717) is 16.9 Å². The lowest BCUT2D eigenvalue weighted by Crippen LogP contribution is -2.13. The Balaban J connectivity index is 1.60. The highest BCUT2D eigenvalue weighted by atomic mass is 32.2. The Kier molecular flexibility index (Phi) is 4.90. The molecule has 30 heavy (non-hydrogen) atoms. The quantitative estimate of drug-likeness (QED) is 0.490. The molecule has 0 saturated carbocycles. The standard InChI is InChI=1S/C21H21N5O3S/c1-12-5-10-18-19(11-13(2)23-20(18)22-12)24-16-6-8-17(9-7-16)30(27,28)26-21-14(3)15(4)25-29-21/h5-11,26H,1-4H3,(H,22,23,24). The SMILES string of the molecule is Cc1ccc2c(Nc3ccc(S(=O)(=O)Nc4onc(C)c4C)cc3)cc(C)nc2n1. The molecule has 0 aliphatic rings. The van der Waals surface area contributed by atoms with E-state index >= 15 is 0 Å². The molecule has 154 valence electrons. The first-order valence-electron chi connectivity index (χ1n) is 9.31. The largest absolute Gasteiger partial charge is 0.355 e. The van der Waals surface area contributed by atoms with Crippen molar-refractivity contribution in [3.8, 4) is 0 Å². The number of pyridine rings is 2. The molecule has 0 spiro atoms. The van der Waals surface area contributed by atoms with E-state index in [1.54, 1.807) is 26.0 Å². The highest BCUT2D eigenvalue weighted by molar-refractivity contribution is 7.92. The van der Waals surface area contributed by atoms with Gasteiger partial charge in [0.25, 0.3) is 10.0 Å². The number of benzene rings is 1. The fraction of sp³-hybridized carbons (Fsp3) is 0.190. The van der Waals surface area contributed by atoms with Gasteiger partial charge in [-0.25, -0.2) is 23.1 Å². The summed E-state index contributed by atoms with van der Waals surface area (Å²) < 4.78 is 32.8. The molecule has 3 heterocycles. The Morgan fingerprint density at radius 2 is 1.60 bits per heavy atom. The third-order valence-corrected chi connectivity index (χ3v) is 6.11. The second-order valence-electron chi connectivity index (χ2n) is 7.11. The number of nitrogens with one attached hydrogen (secondary N) is 2. The summed E-state index contributed by atoms with van der Waals surface area (Å²) in [5.74, 6) is 0.122. The first-order chi connectivity index (χ1) is 14.2. The molecule has 4 aromatic rings. The Morgan fingerprint density at radius 1 is 0.900 bits per heavy atom. The van der Waals surface area contributed by atoms with Gasteiger partial charge >= 0.3 is 0 Å². The average molecular weight is 423 g/mol. The molecular weight excluding hydrogens is 402 g/mol. The molecule has 0 amide bonds. The van der Waals surface area contributed by atoms with Gasteiger partial charge < -0.3 is 9.84 Å². The van der Waals surface area contributed by atoms with Gasteiger partial charge in [-0.15, -0.1) is 0 Å². The molecule has 0 aliphatic carbocycles. The van der Waals surface area contributed by atoms with Crippen LogP contribution in [-0.4, -0.2) is 23.5 Å². The van der Waals surface area contributed by atoms with Crippen LogP contribution in [0.15, 0.2) is 51.9 Å². The van der Waals surface area contributed by atoms with Gasteiger partial charge in [0.2, 0.25) is 5.88 Å². The predicted molar refractivity (Wildman–Crippen MR) is 116 cm³/mol. The summed E-state index contributed by atoms with van der Waals surface area (Å²) in [7, 11) is -3.79. The van der Waals surface area contributed by atoms with Crippen molar-refractivity contribution in [2.24, 2.45) is 0 Å². The molecule has 1 aromatic carbocycles. The third-order valence-electron chi connectivity index (χ3n) is 4.77. The molecule has 4 rings (SSSR count). The molecule has 0 atom stereocenters. The fourth-order valence-electron chi connectivity index (χ4n) is 2.99. The van der Waals surface area contributed by atoms with Crippen LogP contribution in [0.1, 0.15) is 22.6 Å². The fourth-order valence-corrected chi connectivity index (χ4v) is 4.04. The highest BCUT2D eigenvalue weighted by Gasteiger charge is 2.19. The summed E-state index contributed by atoms with van der Waals surface area (Å²) in [6, 6.07) is 12.3. The monoisotopic (exact) mass is 423 g/mol. The zero-order chi connectivity index (χ0) is 21.5. The summed E-state index contributed by atoms with van der Waals surface area (Å²) >= 11 is 0. The maximum absolute atomic E-state index is 12.6. The lowest BCUT2D eigenvalue weighted by molar-refractivity contribution is 0.430. The number of aromatic nitrogens is 3. The van der Waals surface area contributed by atoms with Crippen LogP contribution < -0.4 is 10.0 Å². The number of fused-ring (bicyclic) bond motifs is 1. The lowest BCUT2D eigenvalue weighted by atomic mass is 10.2. The zero-order valence-electron chi connectivity index (χ0n) is 17.0. The first-order valence-corrected chi connectivity index (χ1v) is 10.8. The molecule has 0 unspecified atom stereocenters. The van der Waals surface area contributed by atoms with Crippen LogP contribution in [0.4, 0.5) is 17.3 Å². The van der Waals surface area contributed by atoms with Gasteiger partial charge in [0.05, 0.1) is 16.3 Å². The molecule has 9 heteroatoms. The van der Waals surface area contributed by atoms with E-state index in [1.165, 1.54) is 12.1 Å². The molecule has 0 radical (unpaired) electrons. The maximum Gasteiger partial charge on any atom is 0.264 e. The predicted octanol–water partition coefficient (Wildman–Crippen LogP) is 4.40. The van der Waals surface area contributed by atoms with Gasteiger partial charge in [-0.3, -0.25) is 0 Å². The number of nitrogens with zero attached hydrogens (tertiary/aromatic N) is 3. The maximum atomic E-state index is 12.6. The molecule has 2 N–H and O–H groups in total. The first kappa shape index (κ1) is 19.8. The highest BCUT2D eigenvalue weighted by Crippen LogP contribution is 2.27. The number of anilines is 3. The number of aryl methyl sites for hydroxylation is 3. The van der Waals surface area contributed by atoms with Gasteiger partial charge in [0.15, 0.2) is 5.65 Å². The van der Waals surface area contributed by atoms with Crippen molar-refractivity contribution in [1.29, 1.82) is 0 Å². The summed E-state index contributed by atoms with van der Waals surface area (Å²) in [5, 5.41) is 7.98. The van der Waals surface area contributed by atoms with Crippen molar-refractivity contribution in [2.75, 3.05) is 10.0 Å². The Hall–Kier alpha value is -3.46. The van der Waals surface area contributed by atoms with Gasteiger partial charge in [-0.05, 0) is 70.2 Å². The van der Waals surface area contributed by atoms with E-state index in [2.05, 4.69) is 25.2 Å².